The fourth-order valence-electron chi connectivity index (χ4n) is 3.50. The van der Waals surface area contributed by atoms with Gasteiger partial charge in [-0.05, 0) is 11.1 Å². The SMILES string of the molecule is CCc1cc(=O)c(OCc2ccccc2)c(C(=O)OC)o1.COC(=O)c1oc(CO)cc(=O)c1OCc1ccccc1. The van der Waals surface area contributed by atoms with Gasteiger partial charge < -0.3 is 32.9 Å². The molecule has 0 saturated heterocycles. The van der Waals surface area contributed by atoms with Gasteiger partial charge >= 0.3 is 11.9 Å². The van der Waals surface area contributed by atoms with E-state index >= 15 is 0 Å². The van der Waals surface area contributed by atoms with Crippen molar-refractivity contribution in [3.8, 4) is 11.5 Å². The number of esters is 2. The third-order valence-electron chi connectivity index (χ3n) is 5.61. The summed E-state index contributed by atoms with van der Waals surface area (Å²) >= 11 is 0. The van der Waals surface area contributed by atoms with Crippen molar-refractivity contribution in [2.75, 3.05) is 14.2 Å². The molecule has 0 unspecified atom stereocenters. The minimum atomic E-state index is -0.842. The highest BCUT2D eigenvalue weighted by atomic mass is 16.6. The third-order valence-corrected chi connectivity index (χ3v) is 5.61. The summed E-state index contributed by atoms with van der Waals surface area (Å²) in [5.74, 6) is -2.11. The Kier molecular flexibility index (Phi) is 11.6. The number of ether oxygens (including phenoxy) is 4. The van der Waals surface area contributed by atoms with Crippen molar-refractivity contribution in [3.63, 3.8) is 0 Å². The largest absolute Gasteiger partial charge is 0.481 e. The van der Waals surface area contributed by atoms with Crippen LogP contribution >= 0.6 is 0 Å². The Morgan fingerprint density at radius 1 is 0.690 bits per heavy atom. The van der Waals surface area contributed by atoms with E-state index in [2.05, 4.69) is 9.47 Å². The molecule has 0 amide bonds. The van der Waals surface area contributed by atoms with E-state index in [-0.39, 0.29) is 42.0 Å². The Morgan fingerprint density at radius 2 is 1.10 bits per heavy atom. The van der Waals surface area contributed by atoms with E-state index in [1.807, 2.05) is 67.6 Å². The molecule has 220 valence electrons. The number of methoxy groups -OCH3 is 2. The molecule has 2 heterocycles. The van der Waals surface area contributed by atoms with Gasteiger partial charge in [-0.2, -0.15) is 0 Å². The molecule has 11 heteroatoms. The molecule has 0 aliphatic rings. The molecule has 42 heavy (non-hydrogen) atoms. The number of rotatable bonds is 10. The lowest BCUT2D eigenvalue weighted by molar-refractivity contribution is 0.0539. The van der Waals surface area contributed by atoms with Crippen LogP contribution < -0.4 is 20.3 Å². The van der Waals surface area contributed by atoms with E-state index < -0.39 is 29.4 Å². The highest BCUT2D eigenvalue weighted by Crippen LogP contribution is 2.19. The second kappa shape index (κ2) is 15.6. The van der Waals surface area contributed by atoms with Gasteiger partial charge in [-0.15, -0.1) is 0 Å². The standard InChI is InChI=1S/C16H16O5.C15H14O6/c1-3-12-9-13(17)14(15(21-12)16(18)19-2)20-10-11-7-5-4-6-8-11;1-19-15(18)14-13(12(17)7-11(8-16)21-14)20-9-10-5-3-2-4-6-10/h4-9H,3,10H2,1-2H3;2-7,16H,8-9H2,1H3. The van der Waals surface area contributed by atoms with E-state index in [0.717, 1.165) is 24.3 Å². The first-order valence-electron chi connectivity index (χ1n) is 12.8. The predicted octanol–water partition coefficient (Wildman–Crippen LogP) is 4.07. The average Bonchev–Trinajstić information content (AvgIpc) is 3.03. The first kappa shape index (κ1) is 31.4. The average molecular weight is 579 g/mol. The number of carbonyl (C=O) groups excluding carboxylic acids is 2. The molecule has 1 N–H and O–H groups in total. The number of hydrogen-bond acceptors (Lipinski definition) is 11. The van der Waals surface area contributed by atoms with E-state index in [4.69, 9.17) is 23.4 Å². The van der Waals surface area contributed by atoms with Gasteiger partial charge in [0.15, 0.2) is 0 Å². The van der Waals surface area contributed by atoms with Crippen LogP contribution in [0.15, 0.2) is 91.2 Å². The van der Waals surface area contributed by atoms with Crippen LogP contribution in [-0.4, -0.2) is 31.3 Å². The summed E-state index contributed by atoms with van der Waals surface area (Å²) in [5, 5.41) is 9.01. The van der Waals surface area contributed by atoms with Crippen molar-refractivity contribution in [3.05, 3.63) is 127 Å². The molecule has 2 aromatic carbocycles. The lowest BCUT2D eigenvalue weighted by atomic mass is 10.2. The van der Waals surface area contributed by atoms with Crippen molar-refractivity contribution in [2.45, 2.75) is 33.2 Å². The zero-order valence-corrected chi connectivity index (χ0v) is 23.3. The molecule has 0 fully saturated rings. The summed E-state index contributed by atoms with van der Waals surface area (Å²) in [4.78, 5) is 47.4. The fourth-order valence-corrected chi connectivity index (χ4v) is 3.50. The van der Waals surface area contributed by atoms with Gasteiger partial charge in [0.2, 0.25) is 22.4 Å². The van der Waals surface area contributed by atoms with E-state index in [0.29, 0.717) is 12.2 Å². The van der Waals surface area contributed by atoms with Crippen LogP contribution in [0.25, 0.3) is 0 Å². The van der Waals surface area contributed by atoms with Crippen LogP contribution in [0.2, 0.25) is 0 Å². The first-order chi connectivity index (χ1) is 20.3. The minimum absolute atomic E-state index is 0.0348. The molecule has 0 radical (unpaired) electrons. The molecule has 4 aromatic rings. The van der Waals surface area contributed by atoms with Crippen LogP contribution in [0.1, 0.15) is 50.7 Å². The Morgan fingerprint density at radius 3 is 1.48 bits per heavy atom. The normalized spacial score (nSPS) is 10.2. The lowest BCUT2D eigenvalue weighted by Gasteiger charge is -2.09. The predicted molar refractivity (Wildman–Crippen MR) is 149 cm³/mol. The van der Waals surface area contributed by atoms with Crippen molar-refractivity contribution < 1.29 is 42.5 Å². The maximum atomic E-state index is 12.1. The zero-order chi connectivity index (χ0) is 30.5. The van der Waals surface area contributed by atoms with Crippen molar-refractivity contribution in [1.82, 2.24) is 0 Å². The second-order valence-corrected chi connectivity index (χ2v) is 8.51. The molecule has 0 aliphatic heterocycles. The molecular formula is C31H30O11. The molecule has 0 spiro atoms. The Labute approximate surface area is 240 Å². The summed E-state index contributed by atoms with van der Waals surface area (Å²) in [6, 6.07) is 20.9. The number of aliphatic hydroxyl groups is 1. The Bertz CT molecular complexity index is 1470. The van der Waals surface area contributed by atoms with Gasteiger partial charge in [0, 0.05) is 18.6 Å². The summed E-state index contributed by atoms with van der Waals surface area (Å²) in [6.07, 6.45) is 0.498. The Balaban J connectivity index is 0.000000230. The van der Waals surface area contributed by atoms with Crippen molar-refractivity contribution in [1.29, 1.82) is 0 Å². The van der Waals surface area contributed by atoms with Gasteiger partial charge in [-0.3, -0.25) is 9.59 Å². The molecule has 2 aromatic heterocycles. The van der Waals surface area contributed by atoms with Crippen LogP contribution in [0.3, 0.4) is 0 Å². The van der Waals surface area contributed by atoms with Gasteiger partial charge in [0.25, 0.3) is 11.5 Å². The third kappa shape index (κ3) is 8.42. The second-order valence-electron chi connectivity index (χ2n) is 8.51. The molecule has 0 saturated carbocycles. The molecular weight excluding hydrogens is 548 g/mol. The fraction of sp³-hybridized carbons (Fsp3) is 0.226. The quantitative estimate of drug-likeness (QED) is 0.271. The van der Waals surface area contributed by atoms with Crippen molar-refractivity contribution >= 4 is 11.9 Å². The topological polar surface area (TPSA) is 152 Å². The molecule has 11 nitrogen and oxygen atoms in total. The van der Waals surface area contributed by atoms with Gasteiger partial charge in [0.05, 0.1) is 14.2 Å². The zero-order valence-electron chi connectivity index (χ0n) is 23.3. The summed E-state index contributed by atoms with van der Waals surface area (Å²) in [6.45, 7) is 1.59. The molecule has 0 atom stereocenters. The summed E-state index contributed by atoms with van der Waals surface area (Å²) in [5.41, 5.74) is 0.766. The van der Waals surface area contributed by atoms with Gasteiger partial charge in [-0.1, -0.05) is 67.6 Å². The molecule has 4 rings (SSSR count). The summed E-state index contributed by atoms with van der Waals surface area (Å²) < 4.78 is 30.5. The van der Waals surface area contributed by atoms with Crippen LogP contribution in [0, 0.1) is 0 Å². The summed E-state index contributed by atoms with van der Waals surface area (Å²) in [7, 11) is 2.39. The minimum Gasteiger partial charge on any atom is -0.481 e. The van der Waals surface area contributed by atoms with E-state index in [1.165, 1.54) is 13.2 Å². The molecule has 0 bridgehead atoms. The van der Waals surface area contributed by atoms with E-state index in [1.54, 1.807) is 0 Å². The Hall–Kier alpha value is -5.16. The number of benzene rings is 2. The maximum absolute atomic E-state index is 12.1. The number of aliphatic hydroxyl groups excluding tert-OH is 1. The smallest absolute Gasteiger partial charge is 0.378 e. The lowest BCUT2D eigenvalue weighted by Crippen LogP contribution is -2.15. The number of hydrogen-bond donors (Lipinski definition) is 1. The monoisotopic (exact) mass is 578 g/mol. The maximum Gasteiger partial charge on any atom is 0.378 e. The van der Waals surface area contributed by atoms with Crippen LogP contribution in [0.4, 0.5) is 0 Å². The highest BCUT2D eigenvalue weighted by Gasteiger charge is 2.22. The van der Waals surface area contributed by atoms with Crippen LogP contribution in [0.5, 0.6) is 11.5 Å². The number of carbonyl (C=O) groups is 2. The molecule has 0 aliphatic carbocycles. The number of aryl methyl sites for hydroxylation is 1. The van der Waals surface area contributed by atoms with Gasteiger partial charge in [0.1, 0.15) is 31.3 Å². The van der Waals surface area contributed by atoms with E-state index in [9.17, 15) is 19.2 Å². The van der Waals surface area contributed by atoms with Crippen molar-refractivity contribution in [2.24, 2.45) is 0 Å². The van der Waals surface area contributed by atoms with Crippen LogP contribution in [-0.2, 0) is 35.7 Å². The highest BCUT2D eigenvalue weighted by molar-refractivity contribution is 5.89. The first-order valence-corrected chi connectivity index (χ1v) is 12.8. The van der Waals surface area contributed by atoms with Gasteiger partial charge in [-0.25, -0.2) is 9.59 Å².